The Morgan fingerprint density at radius 2 is 1.86 bits per heavy atom. The molecule has 0 atom stereocenters. The van der Waals surface area contributed by atoms with Crippen LogP contribution in [0.15, 0.2) is 30.5 Å². The Balaban J connectivity index is 1.44. The number of pyridine rings is 2. The van der Waals surface area contributed by atoms with Crippen LogP contribution in [0.4, 0.5) is 5.82 Å². The topological polar surface area (TPSA) is 70.1 Å². The normalized spacial score (nSPS) is 23.1. The molecule has 0 spiro atoms. The molecule has 4 rings (SSSR count). The van der Waals surface area contributed by atoms with Crippen molar-refractivity contribution in [3.63, 3.8) is 0 Å². The molecule has 2 aromatic heterocycles. The molecule has 2 fully saturated rings. The first-order valence-electron chi connectivity index (χ1n) is 10.9. The van der Waals surface area contributed by atoms with E-state index in [2.05, 4.69) is 21.7 Å². The molecular formula is C23H31ClN4O. The molecule has 6 heteroatoms. The number of halogens is 1. The summed E-state index contributed by atoms with van der Waals surface area (Å²) in [5.41, 5.74) is 2.88. The lowest BCUT2D eigenvalue weighted by Crippen LogP contribution is -2.31. The molecule has 1 saturated carbocycles. The van der Waals surface area contributed by atoms with Crippen LogP contribution >= 0.6 is 11.6 Å². The molecule has 3 N–H and O–H groups in total. The average Bonchev–Trinajstić information content (AvgIpc) is 2.76. The van der Waals surface area contributed by atoms with E-state index in [-0.39, 0.29) is 6.10 Å². The van der Waals surface area contributed by atoms with Gasteiger partial charge in [-0.2, -0.15) is 0 Å². The smallest absolute Gasteiger partial charge is 0.126 e. The number of piperidine rings is 1. The largest absolute Gasteiger partial charge is 0.393 e. The van der Waals surface area contributed by atoms with Crippen molar-refractivity contribution in [3.05, 3.63) is 41.2 Å². The third-order valence-electron chi connectivity index (χ3n) is 6.28. The zero-order chi connectivity index (χ0) is 20.1. The second-order valence-electron chi connectivity index (χ2n) is 8.52. The molecule has 2 aromatic rings. The number of aliphatic hydroxyl groups excluding tert-OH is 1. The van der Waals surface area contributed by atoms with Gasteiger partial charge in [-0.3, -0.25) is 4.98 Å². The SMILES string of the molecule is OC1CCC(Cc2cc(-c3cccc(NCC4CCNCC4)n3)c(Cl)cn2)CC1. The van der Waals surface area contributed by atoms with E-state index >= 15 is 0 Å². The van der Waals surface area contributed by atoms with Gasteiger partial charge in [0.25, 0.3) is 0 Å². The van der Waals surface area contributed by atoms with Gasteiger partial charge >= 0.3 is 0 Å². The summed E-state index contributed by atoms with van der Waals surface area (Å²) in [6.07, 6.45) is 8.92. The van der Waals surface area contributed by atoms with E-state index in [1.54, 1.807) is 6.20 Å². The van der Waals surface area contributed by atoms with Crippen LogP contribution in [-0.2, 0) is 6.42 Å². The highest BCUT2D eigenvalue weighted by Crippen LogP contribution is 2.31. The number of anilines is 1. The number of rotatable bonds is 6. The van der Waals surface area contributed by atoms with Crippen molar-refractivity contribution in [1.29, 1.82) is 0 Å². The van der Waals surface area contributed by atoms with Gasteiger partial charge in [0.1, 0.15) is 5.82 Å². The van der Waals surface area contributed by atoms with Crippen LogP contribution in [-0.4, -0.2) is 40.8 Å². The minimum atomic E-state index is -0.121. The first-order chi connectivity index (χ1) is 14.2. The van der Waals surface area contributed by atoms with Gasteiger partial charge in [-0.15, -0.1) is 0 Å². The molecule has 0 bridgehead atoms. The van der Waals surface area contributed by atoms with Crippen LogP contribution in [0.25, 0.3) is 11.3 Å². The summed E-state index contributed by atoms with van der Waals surface area (Å²) in [4.78, 5) is 9.37. The fraction of sp³-hybridized carbons (Fsp3) is 0.565. The van der Waals surface area contributed by atoms with Crippen LogP contribution in [0.5, 0.6) is 0 Å². The average molecular weight is 415 g/mol. The zero-order valence-electron chi connectivity index (χ0n) is 16.9. The van der Waals surface area contributed by atoms with Crippen molar-refractivity contribution in [3.8, 4) is 11.3 Å². The summed E-state index contributed by atoms with van der Waals surface area (Å²) >= 11 is 6.48. The summed E-state index contributed by atoms with van der Waals surface area (Å²) in [6.45, 7) is 3.17. The van der Waals surface area contributed by atoms with Gasteiger partial charge in [-0.25, -0.2) is 4.98 Å². The number of hydrogen-bond acceptors (Lipinski definition) is 5. The van der Waals surface area contributed by atoms with E-state index in [1.807, 2.05) is 18.2 Å². The van der Waals surface area contributed by atoms with Gasteiger partial charge in [-0.05, 0) is 88.1 Å². The van der Waals surface area contributed by atoms with E-state index in [1.165, 1.54) is 12.8 Å². The highest BCUT2D eigenvalue weighted by Gasteiger charge is 2.20. The van der Waals surface area contributed by atoms with Gasteiger partial charge in [0.15, 0.2) is 0 Å². The lowest BCUT2D eigenvalue weighted by molar-refractivity contribution is 0.108. The summed E-state index contributed by atoms with van der Waals surface area (Å²) < 4.78 is 0. The molecule has 3 heterocycles. The van der Waals surface area contributed by atoms with Crippen molar-refractivity contribution >= 4 is 17.4 Å². The molecule has 1 aliphatic heterocycles. The second-order valence-corrected chi connectivity index (χ2v) is 8.92. The quantitative estimate of drug-likeness (QED) is 0.657. The maximum Gasteiger partial charge on any atom is 0.126 e. The Hall–Kier alpha value is -1.69. The molecule has 0 aromatic carbocycles. The summed E-state index contributed by atoms with van der Waals surface area (Å²) in [5.74, 6) is 2.19. The molecular weight excluding hydrogens is 384 g/mol. The predicted molar refractivity (Wildman–Crippen MR) is 118 cm³/mol. The number of nitrogens with zero attached hydrogens (tertiary/aromatic N) is 2. The van der Waals surface area contributed by atoms with E-state index in [9.17, 15) is 5.11 Å². The number of hydrogen-bond donors (Lipinski definition) is 3. The van der Waals surface area contributed by atoms with Crippen molar-refractivity contribution < 1.29 is 5.11 Å². The van der Waals surface area contributed by atoms with E-state index in [0.29, 0.717) is 16.9 Å². The van der Waals surface area contributed by atoms with Crippen LogP contribution in [0.3, 0.4) is 0 Å². The van der Waals surface area contributed by atoms with Crippen LogP contribution in [0.1, 0.15) is 44.2 Å². The summed E-state index contributed by atoms with van der Waals surface area (Å²) in [5, 5.41) is 17.3. The molecule has 0 radical (unpaired) electrons. The monoisotopic (exact) mass is 414 g/mol. The molecule has 0 unspecified atom stereocenters. The lowest BCUT2D eigenvalue weighted by Gasteiger charge is -2.25. The Bertz CT molecular complexity index is 801. The number of aliphatic hydroxyl groups is 1. The molecule has 1 aliphatic carbocycles. The van der Waals surface area contributed by atoms with Gasteiger partial charge in [0.05, 0.1) is 16.8 Å². The maximum atomic E-state index is 9.72. The summed E-state index contributed by atoms with van der Waals surface area (Å²) in [7, 11) is 0. The van der Waals surface area contributed by atoms with Crippen LogP contribution in [0.2, 0.25) is 5.02 Å². The van der Waals surface area contributed by atoms with Crippen molar-refractivity contribution in [2.45, 2.75) is 51.0 Å². The van der Waals surface area contributed by atoms with Crippen LogP contribution in [0, 0.1) is 11.8 Å². The zero-order valence-corrected chi connectivity index (χ0v) is 17.7. The van der Waals surface area contributed by atoms with Crippen molar-refractivity contribution in [2.75, 3.05) is 25.0 Å². The van der Waals surface area contributed by atoms with E-state index in [0.717, 1.165) is 74.5 Å². The van der Waals surface area contributed by atoms with E-state index < -0.39 is 0 Å². The molecule has 156 valence electrons. The first-order valence-corrected chi connectivity index (χ1v) is 11.3. The van der Waals surface area contributed by atoms with Gasteiger partial charge in [0.2, 0.25) is 0 Å². The minimum Gasteiger partial charge on any atom is -0.393 e. The van der Waals surface area contributed by atoms with Crippen molar-refractivity contribution in [1.82, 2.24) is 15.3 Å². The Morgan fingerprint density at radius 3 is 2.66 bits per heavy atom. The standard InChI is InChI=1S/C23H31ClN4O/c24-21-15-26-18(12-16-4-6-19(29)7-5-16)13-20(21)22-2-1-3-23(28-22)27-14-17-8-10-25-11-9-17/h1-3,13,15-17,19,25,29H,4-12,14H2,(H,27,28). The predicted octanol–water partition coefficient (Wildman–Crippen LogP) is 4.30. The van der Waals surface area contributed by atoms with Gasteiger partial charge < -0.3 is 15.7 Å². The number of nitrogens with one attached hydrogen (secondary N) is 2. The van der Waals surface area contributed by atoms with Crippen LogP contribution < -0.4 is 10.6 Å². The molecule has 29 heavy (non-hydrogen) atoms. The third-order valence-corrected chi connectivity index (χ3v) is 6.58. The fourth-order valence-corrected chi connectivity index (χ4v) is 4.65. The minimum absolute atomic E-state index is 0.121. The Morgan fingerprint density at radius 1 is 1.07 bits per heavy atom. The second kappa shape index (κ2) is 9.88. The maximum absolute atomic E-state index is 9.72. The Kier molecular flexibility index (Phi) is 7.01. The Labute approximate surface area is 178 Å². The molecule has 5 nitrogen and oxygen atoms in total. The summed E-state index contributed by atoms with van der Waals surface area (Å²) in [6, 6.07) is 8.16. The van der Waals surface area contributed by atoms with Gasteiger partial charge in [-0.1, -0.05) is 17.7 Å². The molecule has 2 aliphatic rings. The highest BCUT2D eigenvalue weighted by molar-refractivity contribution is 6.33. The number of aromatic nitrogens is 2. The molecule has 0 amide bonds. The highest BCUT2D eigenvalue weighted by atomic mass is 35.5. The lowest BCUT2D eigenvalue weighted by atomic mass is 9.84. The third kappa shape index (κ3) is 5.68. The molecule has 1 saturated heterocycles. The first kappa shape index (κ1) is 20.6. The van der Waals surface area contributed by atoms with Gasteiger partial charge in [0, 0.05) is 24.0 Å². The van der Waals surface area contributed by atoms with E-state index in [4.69, 9.17) is 16.6 Å². The van der Waals surface area contributed by atoms with Crippen molar-refractivity contribution in [2.24, 2.45) is 11.8 Å². The fourth-order valence-electron chi connectivity index (χ4n) is 4.45.